The van der Waals surface area contributed by atoms with Gasteiger partial charge < -0.3 is 14.9 Å². The summed E-state index contributed by atoms with van der Waals surface area (Å²) in [5, 5.41) is 20.5. The standard InChI is InChI=1S/C17H35N3O3/c1-17(2,3)16(22)14-19-6-4-18(5-7-19)12-15(21)13-20-8-10-23-11-9-20/h15-16,21-22H,4-14H2,1-3H3/t15-,16-/m0/s1. The van der Waals surface area contributed by atoms with Gasteiger partial charge >= 0.3 is 0 Å². The lowest BCUT2D eigenvalue weighted by Crippen LogP contribution is -2.52. The molecule has 2 heterocycles. The van der Waals surface area contributed by atoms with Crippen molar-refractivity contribution in [3.05, 3.63) is 0 Å². The molecular weight excluding hydrogens is 294 g/mol. The lowest BCUT2D eigenvalue weighted by molar-refractivity contribution is -0.00723. The van der Waals surface area contributed by atoms with Gasteiger partial charge in [0.25, 0.3) is 0 Å². The van der Waals surface area contributed by atoms with Crippen LogP contribution in [0, 0.1) is 5.41 Å². The number of rotatable bonds is 6. The van der Waals surface area contributed by atoms with Crippen molar-refractivity contribution in [1.29, 1.82) is 0 Å². The molecule has 0 aromatic carbocycles. The van der Waals surface area contributed by atoms with Crippen LogP contribution in [0.25, 0.3) is 0 Å². The van der Waals surface area contributed by atoms with E-state index in [4.69, 9.17) is 4.74 Å². The number of aliphatic hydroxyl groups excluding tert-OH is 2. The molecule has 0 radical (unpaired) electrons. The Balaban J connectivity index is 1.64. The largest absolute Gasteiger partial charge is 0.391 e. The highest BCUT2D eigenvalue weighted by Crippen LogP contribution is 2.20. The highest BCUT2D eigenvalue weighted by atomic mass is 16.5. The first-order chi connectivity index (χ1) is 10.8. The maximum absolute atomic E-state index is 10.3. The van der Waals surface area contributed by atoms with E-state index in [0.29, 0.717) is 0 Å². The predicted molar refractivity (Wildman–Crippen MR) is 91.6 cm³/mol. The monoisotopic (exact) mass is 329 g/mol. The summed E-state index contributed by atoms with van der Waals surface area (Å²) in [5.74, 6) is 0. The van der Waals surface area contributed by atoms with Crippen LogP contribution < -0.4 is 0 Å². The van der Waals surface area contributed by atoms with Gasteiger partial charge in [-0.25, -0.2) is 0 Å². The molecule has 0 aromatic rings. The molecule has 0 saturated carbocycles. The van der Waals surface area contributed by atoms with E-state index >= 15 is 0 Å². The number of hydrogen-bond donors (Lipinski definition) is 2. The maximum Gasteiger partial charge on any atom is 0.0793 e. The van der Waals surface area contributed by atoms with Gasteiger partial charge in [-0.15, -0.1) is 0 Å². The first-order valence-corrected chi connectivity index (χ1v) is 8.95. The average Bonchev–Trinajstić information content (AvgIpc) is 2.49. The van der Waals surface area contributed by atoms with Gasteiger partial charge in [0.1, 0.15) is 0 Å². The van der Waals surface area contributed by atoms with Crippen LogP contribution in [0.3, 0.4) is 0 Å². The molecule has 0 bridgehead atoms. The summed E-state index contributed by atoms with van der Waals surface area (Å²) in [4.78, 5) is 6.95. The Kier molecular flexibility index (Phi) is 7.25. The Labute approximate surface area is 141 Å². The third-order valence-corrected chi connectivity index (χ3v) is 4.94. The molecule has 6 heteroatoms. The third kappa shape index (κ3) is 6.64. The Hall–Kier alpha value is -0.240. The van der Waals surface area contributed by atoms with E-state index in [1.807, 2.05) is 0 Å². The summed E-state index contributed by atoms with van der Waals surface area (Å²) >= 11 is 0. The van der Waals surface area contributed by atoms with Crippen LogP contribution in [0.5, 0.6) is 0 Å². The van der Waals surface area contributed by atoms with Crippen molar-refractivity contribution < 1.29 is 14.9 Å². The van der Waals surface area contributed by atoms with Crippen LogP contribution in [-0.2, 0) is 4.74 Å². The van der Waals surface area contributed by atoms with Gasteiger partial charge in [0, 0.05) is 58.9 Å². The first kappa shape index (κ1) is 19.1. The summed E-state index contributed by atoms with van der Waals surface area (Å²) in [6.45, 7) is 15.8. The molecule has 0 aliphatic carbocycles. The normalized spacial score (nSPS) is 25.4. The number of piperazine rings is 1. The van der Waals surface area contributed by atoms with Crippen molar-refractivity contribution in [2.75, 3.05) is 72.1 Å². The van der Waals surface area contributed by atoms with Crippen molar-refractivity contribution in [2.45, 2.75) is 33.0 Å². The van der Waals surface area contributed by atoms with Crippen molar-refractivity contribution in [3.63, 3.8) is 0 Å². The summed E-state index contributed by atoms with van der Waals surface area (Å²) in [6, 6.07) is 0. The maximum atomic E-state index is 10.3. The van der Waals surface area contributed by atoms with Crippen molar-refractivity contribution in [2.24, 2.45) is 5.41 Å². The second kappa shape index (κ2) is 8.74. The summed E-state index contributed by atoms with van der Waals surface area (Å²) in [7, 11) is 0. The van der Waals surface area contributed by atoms with Gasteiger partial charge in [-0.2, -0.15) is 0 Å². The number of nitrogens with zero attached hydrogens (tertiary/aromatic N) is 3. The van der Waals surface area contributed by atoms with Crippen LogP contribution in [0.2, 0.25) is 0 Å². The van der Waals surface area contributed by atoms with Crippen molar-refractivity contribution >= 4 is 0 Å². The Bertz CT molecular complexity index is 334. The van der Waals surface area contributed by atoms with Gasteiger partial charge in [-0.1, -0.05) is 20.8 Å². The fourth-order valence-electron chi connectivity index (χ4n) is 3.11. The minimum Gasteiger partial charge on any atom is -0.391 e. The molecule has 0 aromatic heterocycles. The summed E-state index contributed by atoms with van der Waals surface area (Å²) in [5.41, 5.74) is -0.0640. The molecule has 6 nitrogen and oxygen atoms in total. The lowest BCUT2D eigenvalue weighted by Gasteiger charge is -2.39. The molecule has 2 rings (SSSR count). The zero-order valence-electron chi connectivity index (χ0n) is 15.1. The number of aliphatic hydroxyl groups is 2. The second-order valence-corrected chi connectivity index (χ2v) is 8.05. The molecular formula is C17H35N3O3. The van der Waals surface area contributed by atoms with Gasteiger partial charge in [0.2, 0.25) is 0 Å². The molecule has 136 valence electrons. The average molecular weight is 329 g/mol. The van der Waals surface area contributed by atoms with E-state index in [2.05, 4.69) is 35.5 Å². The smallest absolute Gasteiger partial charge is 0.0793 e. The molecule has 2 aliphatic rings. The highest BCUT2D eigenvalue weighted by Gasteiger charge is 2.27. The van der Waals surface area contributed by atoms with Crippen molar-refractivity contribution in [1.82, 2.24) is 14.7 Å². The number of β-amino-alcohol motifs (C(OH)–C–C–N with tert-alkyl or cyclic N) is 2. The predicted octanol–water partition coefficient (Wildman–Crippen LogP) is -0.296. The zero-order chi connectivity index (χ0) is 16.9. The van der Waals surface area contributed by atoms with Crippen LogP contribution >= 0.6 is 0 Å². The van der Waals surface area contributed by atoms with Crippen LogP contribution in [-0.4, -0.2) is 109 Å². The van der Waals surface area contributed by atoms with Gasteiger partial charge in [-0.05, 0) is 5.41 Å². The lowest BCUT2D eigenvalue weighted by atomic mass is 9.89. The molecule has 2 atom stereocenters. The Morgan fingerprint density at radius 2 is 1.22 bits per heavy atom. The number of morpholine rings is 1. The Morgan fingerprint density at radius 1 is 0.783 bits per heavy atom. The molecule has 0 unspecified atom stereocenters. The van der Waals surface area contributed by atoms with Gasteiger partial charge in [-0.3, -0.25) is 14.7 Å². The minimum atomic E-state index is -0.292. The molecule has 2 N–H and O–H groups in total. The topological polar surface area (TPSA) is 59.4 Å². The highest BCUT2D eigenvalue weighted by molar-refractivity contribution is 4.81. The van der Waals surface area contributed by atoms with E-state index in [1.165, 1.54) is 0 Å². The van der Waals surface area contributed by atoms with Gasteiger partial charge in [0.05, 0.1) is 25.4 Å². The fourth-order valence-corrected chi connectivity index (χ4v) is 3.11. The Morgan fingerprint density at radius 3 is 1.70 bits per heavy atom. The van der Waals surface area contributed by atoms with E-state index in [-0.39, 0.29) is 17.6 Å². The molecule has 0 spiro atoms. The summed E-state index contributed by atoms with van der Waals surface area (Å²) < 4.78 is 5.34. The molecule has 23 heavy (non-hydrogen) atoms. The molecule has 2 saturated heterocycles. The van der Waals surface area contributed by atoms with Crippen LogP contribution in [0.4, 0.5) is 0 Å². The van der Waals surface area contributed by atoms with Crippen LogP contribution in [0.1, 0.15) is 20.8 Å². The quantitative estimate of drug-likeness (QED) is 0.698. The number of hydrogen-bond acceptors (Lipinski definition) is 6. The van der Waals surface area contributed by atoms with Gasteiger partial charge in [0.15, 0.2) is 0 Å². The third-order valence-electron chi connectivity index (χ3n) is 4.94. The van der Waals surface area contributed by atoms with E-state index < -0.39 is 0 Å². The van der Waals surface area contributed by atoms with E-state index in [0.717, 1.165) is 72.1 Å². The SMILES string of the molecule is CC(C)(C)[C@@H](O)CN1CCN(C[C@H](O)CN2CCOCC2)CC1. The molecule has 2 fully saturated rings. The fraction of sp³-hybridized carbons (Fsp3) is 1.00. The van der Waals surface area contributed by atoms with Crippen molar-refractivity contribution in [3.8, 4) is 0 Å². The van der Waals surface area contributed by atoms with E-state index in [1.54, 1.807) is 0 Å². The second-order valence-electron chi connectivity index (χ2n) is 8.05. The minimum absolute atomic E-state index is 0.0640. The zero-order valence-corrected chi connectivity index (χ0v) is 15.1. The first-order valence-electron chi connectivity index (χ1n) is 8.95. The van der Waals surface area contributed by atoms with Crippen LogP contribution in [0.15, 0.2) is 0 Å². The summed E-state index contributed by atoms with van der Waals surface area (Å²) in [6.07, 6.45) is -0.583. The molecule has 2 aliphatic heterocycles. The molecule has 0 amide bonds. The number of ether oxygens (including phenoxy) is 1. The van der Waals surface area contributed by atoms with E-state index in [9.17, 15) is 10.2 Å².